The van der Waals surface area contributed by atoms with Crippen molar-refractivity contribution in [3.63, 3.8) is 0 Å². The fraction of sp³-hybridized carbons (Fsp3) is 0.625. The molecule has 7 nitrogen and oxygen atoms in total. The largest absolute Gasteiger partial charge is 0.481 e. The first kappa shape index (κ1) is 11.4. The Morgan fingerprint density at radius 1 is 1.33 bits per heavy atom. The average Bonchev–Trinajstić information content (AvgIpc) is 1.98. The van der Waals surface area contributed by atoms with Gasteiger partial charge in [-0.05, 0) is 0 Å². The van der Waals surface area contributed by atoms with E-state index in [0.29, 0.717) is 13.1 Å². The zero-order chi connectivity index (χ0) is 11.4. The first-order valence-electron chi connectivity index (χ1n) is 4.46. The summed E-state index contributed by atoms with van der Waals surface area (Å²) < 4.78 is 0. The Balaban J connectivity index is 2.46. The average molecular weight is 216 g/mol. The van der Waals surface area contributed by atoms with E-state index in [2.05, 4.69) is 10.6 Å². The topological polar surface area (TPSA) is 116 Å². The molecule has 1 heterocycles. The predicted molar refractivity (Wildman–Crippen MR) is 48.2 cm³/mol. The molecular formula is C8H12N2O5. The second-order valence-electron chi connectivity index (χ2n) is 3.35. The van der Waals surface area contributed by atoms with Crippen molar-refractivity contribution in [2.45, 2.75) is 12.5 Å². The van der Waals surface area contributed by atoms with Crippen LogP contribution in [-0.4, -0.2) is 47.2 Å². The number of hydrogen-bond acceptors (Lipinski definition) is 4. The number of carbonyl (C=O) groups excluding carboxylic acids is 1. The third-order valence-electron chi connectivity index (χ3n) is 2.15. The van der Waals surface area contributed by atoms with Gasteiger partial charge in [0.25, 0.3) is 0 Å². The summed E-state index contributed by atoms with van der Waals surface area (Å²) in [7, 11) is 0. The fourth-order valence-electron chi connectivity index (χ4n) is 1.14. The molecule has 1 aliphatic rings. The smallest absolute Gasteiger partial charge is 0.326 e. The molecule has 0 aromatic rings. The lowest BCUT2D eigenvalue weighted by Gasteiger charge is -2.27. The van der Waals surface area contributed by atoms with Crippen LogP contribution in [0.1, 0.15) is 6.42 Å². The van der Waals surface area contributed by atoms with Gasteiger partial charge in [0, 0.05) is 13.1 Å². The molecule has 1 fully saturated rings. The Hall–Kier alpha value is -1.63. The Bertz CT molecular complexity index is 287. The molecule has 0 saturated carbocycles. The van der Waals surface area contributed by atoms with Crippen molar-refractivity contribution in [2.75, 3.05) is 13.1 Å². The van der Waals surface area contributed by atoms with E-state index < -0.39 is 30.3 Å². The van der Waals surface area contributed by atoms with Gasteiger partial charge in [-0.1, -0.05) is 0 Å². The van der Waals surface area contributed by atoms with Crippen molar-refractivity contribution in [2.24, 2.45) is 5.92 Å². The minimum absolute atomic E-state index is 0.249. The van der Waals surface area contributed by atoms with Crippen LogP contribution in [0.3, 0.4) is 0 Å². The van der Waals surface area contributed by atoms with Crippen LogP contribution in [-0.2, 0) is 14.4 Å². The van der Waals surface area contributed by atoms with E-state index in [1.54, 1.807) is 0 Å². The van der Waals surface area contributed by atoms with Crippen molar-refractivity contribution in [3.8, 4) is 0 Å². The van der Waals surface area contributed by atoms with E-state index >= 15 is 0 Å². The van der Waals surface area contributed by atoms with E-state index in [1.807, 2.05) is 0 Å². The molecule has 0 aromatic heterocycles. The molecule has 15 heavy (non-hydrogen) atoms. The summed E-state index contributed by atoms with van der Waals surface area (Å²) in [5.74, 6) is -3.25. The summed E-state index contributed by atoms with van der Waals surface area (Å²) in [4.78, 5) is 32.2. The van der Waals surface area contributed by atoms with Crippen LogP contribution in [0.4, 0.5) is 0 Å². The number of hydrogen-bond donors (Lipinski definition) is 4. The van der Waals surface area contributed by atoms with Crippen LogP contribution in [0.25, 0.3) is 0 Å². The number of aliphatic carboxylic acids is 2. The second kappa shape index (κ2) is 4.74. The Kier molecular flexibility index (Phi) is 3.62. The van der Waals surface area contributed by atoms with Gasteiger partial charge >= 0.3 is 11.9 Å². The SMILES string of the molecule is O=C(O)CC(NC(=O)C1CNC1)C(=O)O. The van der Waals surface area contributed by atoms with Gasteiger partial charge in [0.1, 0.15) is 6.04 Å². The number of rotatable bonds is 5. The van der Waals surface area contributed by atoms with Crippen molar-refractivity contribution in [3.05, 3.63) is 0 Å². The zero-order valence-corrected chi connectivity index (χ0v) is 7.90. The van der Waals surface area contributed by atoms with Gasteiger partial charge in [0.15, 0.2) is 0 Å². The zero-order valence-electron chi connectivity index (χ0n) is 7.90. The molecule has 1 aliphatic heterocycles. The van der Waals surface area contributed by atoms with Gasteiger partial charge in [-0.3, -0.25) is 9.59 Å². The summed E-state index contributed by atoms with van der Waals surface area (Å²) in [5.41, 5.74) is 0. The Labute approximate surface area is 85.5 Å². The number of carbonyl (C=O) groups is 3. The van der Waals surface area contributed by atoms with Crippen molar-refractivity contribution in [1.29, 1.82) is 0 Å². The molecular weight excluding hydrogens is 204 g/mol. The van der Waals surface area contributed by atoms with E-state index in [9.17, 15) is 14.4 Å². The molecule has 1 saturated heterocycles. The highest BCUT2D eigenvalue weighted by Gasteiger charge is 2.29. The lowest BCUT2D eigenvalue weighted by atomic mass is 10.0. The van der Waals surface area contributed by atoms with Crippen molar-refractivity contribution >= 4 is 17.8 Å². The summed E-state index contributed by atoms with van der Waals surface area (Å²) in [6, 6.07) is -1.35. The molecule has 0 aromatic carbocycles. The summed E-state index contributed by atoms with van der Waals surface area (Å²) in [5, 5.41) is 22.1. The number of nitrogens with one attached hydrogen (secondary N) is 2. The predicted octanol–water partition coefficient (Wildman–Crippen LogP) is -1.75. The standard InChI is InChI=1S/C8H12N2O5/c11-6(12)1-5(8(14)15)10-7(13)4-2-9-3-4/h4-5,9H,1-3H2,(H,10,13)(H,11,12)(H,14,15). The highest BCUT2D eigenvalue weighted by Crippen LogP contribution is 2.04. The van der Waals surface area contributed by atoms with Crippen LogP contribution in [0.2, 0.25) is 0 Å². The van der Waals surface area contributed by atoms with Gasteiger partial charge in [0.2, 0.25) is 5.91 Å². The second-order valence-corrected chi connectivity index (χ2v) is 3.35. The molecule has 1 rings (SSSR count). The molecule has 1 amide bonds. The van der Waals surface area contributed by atoms with Gasteiger partial charge in [-0.15, -0.1) is 0 Å². The minimum atomic E-state index is -1.35. The van der Waals surface area contributed by atoms with E-state index in [4.69, 9.17) is 10.2 Å². The summed E-state index contributed by atoms with van der Waals surface area (Å²) in [6.07, 6.45) is -0.610. The maximum Gasteiger partial charge on any atom is 0.326 e. The first-order chi connectivity index (χ1) is 7.00. The molecule has 7 heteroatoms. The number of amides is 1. The normalized spacial score (nSPS) is 17.6. The molecule has 0 aliphatic carbocycles. The van der Waals surface area contributed by atoms with Crippen LogP contribution in [0, 0.1) is 5.92 Å². The van der Waals surface area contributed by atoms with E-state index in [0.717, 1.165) is 0 Å². The number of carboxylic acids is 2. The third-order valence-corrected chi connectivity index (χ3v) is 2.15. The Morgan fingerprint density at radius 2 is 1.93 bits per heavy atom. The van der Waals surface area contributed by atoms with E-state index in [1.165, 1.54) is 0 Å². The maximum absolute atomic E-state index is 11.3. The quantitative estimate of drug-likeness (QED) is 0.433. The van der Waals surface area contributed by atoms with Crippen molar-refractivity contribution < 1.29 is 24.6 Å². The first-order valence-corrected chi connectivity index (χ1v) is 4.46. The highest BCUT2D eigenvalue weighted by atomic mass is 16.4. The van der Waals surface area contributed by atoms with Gasteiger partial charge < -0.3 is 20.8 Å². The van der Waals surface area contributed by atoms with Gasteiger partial charge in [0.05, 0.1) is 12.3 Å². The molecule has 84 valence electrons. The molecule has 0 bridgehead atoms. The van der Waals surface area contributed by atoms with Crippen molar-refractivity contribution in [1.82, 2.24) is 10.6 Å². The van der Waals surface area contributed by atoms with Gasteiger partial charge in [-0.2, -0.15) is 0 Å². The fourth-order valence-corrected chi connectivity index (χ4v) is 1.14. The van der Waals surface area contributed by atoms with Crippen LogP contribution >= 0.6 is 0 Å². The van der Waals surface area contributed by atoms with Gasteiger partial charge in [-0.25, -0.2) is 4.79 Å². The number of carboxylic acid groups (broad SMARTS) is 2. The Morgan fingerprint density at radius 3 is 2.27 bits per heavy atom. The molecule has 0 spiro atoms. The molecule has 1 atom stereocenters. The minimum Gasteiger partial charge on any atom is -0.481 e. The highest BCUT2D eigenvalue weighted by molar-refractivity contribution is 5.88. The van der Waals surface area contributed by atoms with Crippen LogP contribution in [0.5, 0.6) is 0 Å². The maximum atomic E-state index is 11.3. The monoisotopic (exact) mass is 216 g/mol. The molecule has 1 unspecified atom stereocenters. The lowest BCUT2D eigenvalue weighted by Crippen LogP contribution is -2.54. The summed E-state index contributed by atoms with van der Waals surface area (Å²) in [6.45, 7) is 1.01. The lowest BCUT2D eigenvalue weighted by molar-refractivity contribution is -0.147. The summed E-state index contributed by atoms with van der Waals surface area (Å²) >= 11 is 0. The molecule has 0 radical (unpaired) electrons. The third kappa shape index (κ3) is 3.21. The van der Waals surface area contributed by atoms with E-state index in [-0.39, 0.29) is 5.92 Å². The molecule has 4 N–H and O–H groups in total. The van der Waals surface area contributed by atoms with Crippen LogP contribution in [0.15, 0.2) is 0 Å². The van der Waals surface area contributed by atoms with Crippen LogP contribution < -0.4 is 10.6 Å².